The summed E-state index contributed by atoms with van der Waals surface area (Å²) in [6.45, 7) is 4.32. The van der Waals surface area contributed by atoms with E-state index in [1.165, 1.54) is 4.90 Å². The van der Waals surface area contributed by atoms with Crippen LogP contribution in [0.25, 0.3) is 10.8 Å². The van der Waals surface area contributed by atoms with E-state index in [0.29, 0.717) is 12.1 Å². The molecule has 0 aliphatic carbocycles. The molecule has 0 saturated carbocycles. The number of anilines is 1. The smallest absolute Gasteiger partial charge is 0.312 e. The molecule has 0 aromatic heterocycles. The summed E-state index contributed by atoms with van der Waals surface area (Å²) in [6.07, 6.45) is 9.83. The molecular weight excluding hydrogens is 520 g/mol. The van der Waals surface area contributed by atoms with Crippen LogP contribution in [0.1, 0.15) is 39.5 Å². The Morgan fingerprint density at radius 1 is 1.02 bits per heavy atom. The van der Waals surface area contributed by atoms with Crippen LogP contribution in [0.2, 0.25) is 0 Å². The van der Waals surface area contributed by atoms with E-state index in [4.69, 9.17) is 9.47 Å². The molecule has 1 N–H and O–H groups in total. The summed E-state index contributed by atoms with van der Waals surface area (Å²) in [5, 5.41) is 12.6. The van der Waals surface area contributed by atoms with Crippen LogP contribution >= 0.6 is 0 Å². The molecular formula is C33H38N2O6. The Hall–Kier alpha value is -3.49. The quantitative estimate of drug-likeness (QED) is 0.440. The van der Waals surface area contributed by atoms with E-state index in [0.717, 1.165) is 30.0 Å². The highest BCUT2D eigenvalue weighted by Crippen LogP contribution is 2.54. The van der Waals surface area contributed by atoms with Crippen LogP contribution in [-0.4, -0.2) is 71.3 Å². The Labute approximate surface area is 240 Å². The number of benzene rings is 2. The normalized spacial score (nSPS) is 31.5. The molecule has 41 heavy (non-hydrogen) atoms. The van der Waals surface area contributed by atoms with Crippen LogP contribution in [0.3, 0.4) is 0 Å². The number of cyclic esters (lactones) is 1. The highest BCUT2D eigenvalue weighted by molar-refractivity contribution is 6.06. The third-order valence-electron chi connectivity index (χ3n) is 8.93. The van der Waals surface area contributed by atoms with Crippen molar-refractivity contribution in [3.05, 3.63) is 66.8 Å². The van der Waals surface area contributed by atoms with Crippen molar-refractivity contribution >= 4 is 34.2 Å². The third kappa shape index (κ3) is 4.67. The Balaban J connectivity index is 1.47. The molecule has 1 unspecified atom stereocenters. The summed E-state index contributed by atoms with van der Waals surface area (Å²) >= 11 is 0. The predicted molar refractivity (Wildman–Crippen MR) is 155 cm³/mol. The second-order valence-electron chi connectivity index (χ2n) is 12.0. The fourth-order valence-corrected chi connectivity index (χ4v) is 7.15. The summed E-state index contributed by atoms with van der Waals surface area (Å²) in [5.41, 5.74) is -0.649. The highest BCUT2D eigenvalue weighted by Gasteiger charge is 2.72. The molecule has 4 aliphatic rings. The third-order valence-corrected chi connectivity index (χ3v) is 8.93. The van der Waals surface area contributed by atoms with Gasteiger partial charge >= 0.3 is 5.97 Å². The van der Waals surface area contributed by atoms with Crippen molar-refractivity contribution in [3.8, 4) is 0 Å². The van der Waals surface area contributed by atoms with E-state index < -0.39 is 41.6 Å². The molecule has 2 aromatic rings. The van der Waals surface area contributed by atoms with Crippen molar-refractivity contribution in [2.24, 2.45) is 17.8 Å². The number of allylic oxidation sites excluding steroid dienone is 1. The fraction of sp³-hybridized carbons (Fsp3) is 0.485. The van der Waals surface area contributed by atoms with Crippen molar-refractivity contribution in [1.82, 2.24) is 4.90 Å². The lowest BCUT2D eigenvalue weighted by Crippen LogP contribution is -2.58. The molecule has 0 bridgehead atoms. The number of fused-ring (bicyclic) bond motifs is 3. The topological polar surface area (TPSA) is 96.4 Å². The molecule has 2 amide bonds. The first-order chi connectivity index (χ1) is 19.9. The van der Waals surface area contributed by atoms with Gasteiger partial charge in [0.2, 0.25) is 5.91 Å². The number of hydrogen-bond donors (Lipinski definition) is 1. The number of amides is 2. The predicted octanol–water partition coefficient (Wildman–Crippen LogP) is 4.01. The summed E-state index contributed by atoms with van der Waals surface area (Å²) in [4.78, 5) is 45.9. The van der Waals surface area contributed by atoms with Crippen molar-refractivity contribution in [2.75, 3.05) is 24.7 Å². The summed E-state index contributed by atoms with van der Waals surface area (Å²) in [5.74, 6) is -2.76. The fourth-order valence-electron chi connectivity index (χ4n) is 7.15. The number of carbonyl (C=O) groups excluding carboxylic acids is 3. The van der Waals surface area contributed by atoms with Gasteiger partial charge in [0.1, 0.15) is 17.6 Å². The maximum Gasteiger partial charge on any atom is 0.312 e. The van der Waals surface area contributed by atoms with Crippen LogP contribution in [0, 0.1) is 17.8 Å². The number of aliphatic hydroxyl groups excluding tert-OH is 1. The van der Waals surface area contributed by atoms with Crippen molar-refractivity contribution in [1.29, 1.82) is 0 Å². The first kappa shape index (κ1) is 27.7. The zero-order chi connectivity index (χ0) is 28.7. The number of esters is 1. The number of nitrogens with zero attached hydrogens (tertiary/aromatic N) is 2. The molecule has 216 valence electrons. The average molecular weight is 559 g/mol. The van der Waals surface area contributed by atoms with Gasteiger partial charge in [0.25, 0.3) is 5.91 Å². The van der Waals surface area contributed by atoms with Gasteiger partial charge in [0, 0.05) is 12.2 Å². The standard InChI is InChI=1S/C33H38N2O6/c1-21(2)18-25(20-36)35-29-31(38)34(24-14-13-22-10-6-7-11-23(22)19-24)16-9-15-33(29)28(30(35)37)27-26(41-33)12-5-3-4-8-17-40-32(27)39/h5-7,9-15,19,21,25-29,36H,3-4,8,16-18,20H2,1-2H3/b12-5-/t25-,26+,27-,28+,29?,33+/m1/s1. The van der Waals surface area contributed by atoms with Crippen LogP contribution in [0.5, 0.6) is 0 Å². The second kappa shape index (κ2) is 11.1. The maximum atomic E-state index is 14.7. The number of likely N-dealkylation sites (tertiary alicyclic amines) is 1. The summed E-state index contributed by atoms with van der Waals surface area (Å²) < 4.78 is 12.4. The first-order valence-corrected chi connectivity index (χ1v) is 14.8. The largest absolute Gasteiger partial charge is 0.465 e. The maximum absolute atomic E-state index is 14.7. The van der Waals surface area contributed by atoms with Gasteiger partial charge in [-0.25, -0.2) is 0 Å². The number of rotatable bonds is 5. The van der Waals surface area contributed by atoms with Gasteiger partial charge < -0.3 is 24.4 Å². The minimum absolute atomic E-state index is 0.166. The van der Waals surface area contributed by atoms with Crippen molar-refractivity contribution in [2.45, 2.75) is 63.3 Å². The number of hydrogen-bond acceptors (Lipinski definition) is 6. The number of ether oxygens (including phenoxy) is 2. The van der Waals surface area contributed by atoms with Crippen LogP contribution in [0.4, 0.5) is 5.69 Å². The van der Waals surface area contributed by atoms with Gasteiger partial charge in [0.15, 0.2) is 0 Å². The van der Waals surface area contributed by atoms with Gasteiger partial charge in [-0.05, 0) is 54.5 Å². The molecule has 1 spiro atoms. The van der Waals surface area contributed by atoms with E-state index in [-0.39, 0.29) is 37.5 Å². The van der Waals surface area contributed by atoms with Gasteiger partial charge in [0.05, 0.1) is 31.3 Å². The molecule has 0 radical (unpaired) electrons. The molecule has 2 aromatic carbocycles. The zero-order valence-corrected chi connectivity index (χ0v) is 23.6. The zero-order valence-electron chi connectivity index (χ0n) is 23.6. The van der Waals surface area contributed by atoms with E-state index in [1.807, 2.05) is 80.6 Å². The molecule has 4 heterocycles. The molecule has 6 rings (SSSR count). The Morgan fingerprint density at radius 2 is 1.83 bits per heavy atom. The first-order valence-electron chi connectivity index (χ1n) is 14.8. The van der Waals surface area contributed by atoms with Crippen molar-refractivity contribution < 1.29 is 29.0 Å². The lowest BCUT2D eigenvalue weighted by atomic mass is 9.78. The average Bonchev–Trinajstić information content (AvgIpc) is 3.36. The van der Waals surface area contributed by atoms with E-state index in [2.05, 4.69) is 0 Å². The minimum atomic E-state index is -1.36. The van der Waals surface area contributed by atoms with E-state index >= 15 is 0 Å². The highest BCUT2D eigenvalue weighted by atomic mass is 16.6. The summed E-state index contributed by atoms with van der Waals surface area (Å²) in [7, 11) is 0. The van der Waals surface area contributed by atoms with E-state index in [1.54, 1.807) is 4.90 Å². The van der Waals surface area contributed by atoms with Gasteiger partial charge in [-0.2, -0.15) is 0 Å². The molecule has 6 atom stereocenters. The number of carbonyl (C=O) groups is 3. The minimum Gasteiger partial charge on any atom is -0.465 e. The SMILES string of the molecule is CC(C)C[C@H](CO)N1C(=O)[C@@H]2[C@@H]3C(=O)OCCCC/C=C\[C@@H]3O[C@@]23C=CCN(c2ccc4ccccc4c2)C(=O)C13. The second-order valence-corrected chi connectivity index (χ2v) is 12.0. The monoisotopic (exact) mass is 558 g/mol. The van der Waals surface area contributed by atoms with E-state index in [9.17, 15) is 19.5 Å². The Kier molecular flexibility index (Phi) is 7.47. The van der Waals surface area contributed by atoms with Crippen LogP contribution < -0.4 is 4.90 Å². The lowest BCUT2D eigenvalue weighted by molar-refractivity contribution is -0.155. The van der Waals surface area contributed by atoms with Crippen LogP contribution in [-0.2, 0) is 23.9 Å². The molecule has 4 aliphatic heterocycles. The van der Waals surface area contributed by atoms with Gasteiger partial charge in [-0.15, -0.1) is 0 Å². The molecule has 8 nitrogen and oxygen atoms in total. The molecule has 2 saturated heterocycles. The number of aliphatic hydroxyl groups is 1. The summed E-state index contributed by atoms with van der Waals surface area (Å²) in [6, 6.07) is 12.2. The van der Waals surface area contributed by atoms with Gasteiger partial charge in [-0.3, -0.25) is 14.4 Å². The molecule has 8 heteroatoms. The Morgan fingerprint density at radius 3 is 2.61 bits per heavy atom. The lowest BCUT2D eigenvalue weighted by Gasteiger charge is -2.39. The molecule has 2 fully saturated rings. The van der Waals surface area contributed by atoms with Gasteiger partial charge in [-0.1, -0.05) is 68.5 Å². The Bertz CT molecular complexity index is 1400. The van der Waals surface area contributed by atoms with Crippen molar-refractivity contribution in [3.63, 3.8) is 0 Å². The van der Waals surface area contributed by atoms with Crippen LogP contribution in [0.15, 0.2) is 66.8 Å².